The molecule has 2 aromatic carbocycles. The van der Waals surface area contributed by atoms with Crippen molar-refractivity contribution in [2.75, 3.05) is 5.32 Å². The van der Waals surface area contributed by atoms with Gasteiger partial charge in [0.15, 0.2) is 5.76 Å². The molecule has 0 unspecified atom stereocenters. The second-order valence-corrected chi connectivity index (χ2v) is 5.38. The van der Waals surface area contributed by atoms with E-state index >= 15 is 0 Å². The highest BCUT2D eigenvalue weighted by Gasteiger charge is 2.15. The van der Waals surface area contributed by atoms with Gasteiger partial charge in [0.2, 0.25) is 5.91 Å². The molecular formula is C18H13N3O4. The molecule has 0 aliphatic rings. The Morgan fingerprint density at radius 3 is 2.76 bits per heavy atom. The van der Waals surface area contributed by atoms with E-state index in [9.17, 15) is 9.59 Å². The van der Waals surface area contributed by atoms with Gasteiger partial charge in [0, 0.05) is 11.1 Å². The summed E-state index contributed by atoms with van der Waals surface area (Å²) >= 11 is 0. The third-order valence-corrected chi connectivity index (χ3v) is 3.70. The van der Waals surface area contributed by atoms with E-state index < -0.39 is 5.76 Å². The summed E-state index contributed by atoms with van der Waals surface area (Å²) in [6.45, 7) is -0.258. The summed E-state index contributed by atoms with van der Waals surface area (Å²) in [5.74, 6) is -0.740. The van der Waals surface area contributed by atoms with E-state index in [1.807, 2.05) is 36.4 Å². The zero-order valence-corrected chi connectivity index (χ0v) is 13.0. The van der Waals surface area contributed by atoms with E-state index in [-0.39, 0.29) is 18.3 Å². The maximum atomic E-state index is 12.3. The van der Waals surface area contributed by atoms with Gasteiger partial charge in [0.25, 0.3) is 5.89 Å². The van der Waals surface area contributed by atoms with Crippen molar-refractivity contribution in [1.82, 2.24) is 9.78 Å². The first-order chi connectivity index (χ1) is 12.2. The minimum atomic E-state index is -0.723. The molecule has 4 rings (SSSR count). The molecule has 0 bridgehead atoms. The molecule has 124 valence electrons. The first-order valence-corrected chi connectivity index (χ1v) is 7.60. The normalized spacial score (nSPS) is 10.9. The number of nitrogens with one attached hydrogen (secondary N) is 1. The molecule has 2 heterocycles. The number of hydrogen-bond donors (Lipinski definition) is 1. The highest BCUT2D eigenvalue weighted by Crippen LogP contribution is 2.23. The number of anilines is 1. The Bertz CT molecular complexity index is 1090. The van der Waals surface area contributed by atoms with Crippen molar-refractivity contribution in [1.29, 1.82) is 0 Å². The number of benzene rings is 2. The van der Waals surface area contributed by atoms with Crippen LogP contribution < -0.4 is 11.1 Å². The quantitative estimate of drug-likeness (QED) is 0.619. The molecule has 1 amide bonds. The minimum absolute atomic E-state index is 0.0351. The average molecular weight is 335 g/mol. The Kier molecular flexibility index (Phi) is 3.66. The fourth-order valence-corrected chi connectivity index (χ4v) is 2.57. The van der Waals surface area contributed by atoms with Gasteiger partial charge in [0.05, 0.1) is 6.26 Å². The average Bonchev–Trinajstić information content (AvgIpc) is 3.26. The maximum absolute atomic E-state index is 12.3. The van der Waals surface area contributed by atoms with Crippen molar-refractivity contribution in [3.8, 4) is 11.7 Å². The Hall–Kier alpha value is -3.61. The summed E-state index contributed by atoms with van der Waals surface area (Å²) in [6, 6.07) is 16.6. The fourth-order valence-electron chi connectivity index (χ4n) is 2.57. The summed E-state index contributed by atoms with van der Waals surface area (Å²) in [6.07, 6.45) is 1.45. The number of aromatic nitrogens is 2. The van der Waals surface area contributed by atoms with Crippen molar-refractivity contribution in [3.05, 3.63) is 71.4 Å². The number of furan rings is 1. The highest BCUT2D eigenvalue weighted by molar-refractivity contribution is 6.01. The highest BCUT2D eigenvalue weighted by atomic mass is 16.4. The van der Waals surface area contributed by atoms with Gasteiger partial charge in [-0.15, -0.1) is 5.10 Å². The predicted molar refractivity (Wildman–Crippen MR) is 91.0 cm³/mol. The summed E-state index contributed by atoms with van der Waals surface area (Å²) in [5, 5.41) is 8.71. The number of rotatable bonds is 4. The zero-order chi connectivity index (χ0) is 17.2. The number of carbonyl (C=O) groups excluding carboxylic acids is 1. The van der Waals surface area contributed by atoms with Gasteiger partial charge < -0.3 is 14.2 Å². The van der Waals surface area contributed by atoms with Crippen LogP contribution in [0.5, 0.6) is 0 Å². The first kappa shape index (κ1) is 14.9. The van der Waals surface area contributed by atoms with E-state index in [2.05, 4.69) is 10.4 Å². The molecule has 0 radical (unpaired) electrons. The zero-order valence-electron chi connectivity index (χ0n) is 13.0. The lowest BCUT2D eigenvalue weighted by Crippen LogP contribution is -2.25. The number of amides is 1. The molecule has 7 nitrogen and oxygen atoms in total. The van der Waals surface area contributed by atoms with Crippen LogP contribution in [0.2, 0.25) is 0 Å². The number of nitrogens with zero attached hydrogens (tertiary/aromatic N) is 2. The Labute approximate surface area is 141 Å². The molecule has 0 saturated heterocycles. The first-order valence-electron chi connectivity index (χ1n) is 7.60. The molecule has 0 aliphatic heterocycles. The van der Waals surface area contributed by atoms with Crippen LogP contribution in [0.3, 0.4) is 0 Å². The number of hydrogen-bond acceptors (Lipinski definition) is 5. The van der Waals surface area contributed by atoms with Crippen molar-refractivity contribution in [2.24, 2.45) is 0 Å². The number of carbonyl (C=O) groups is 1. The summed E-state index contributed by atoms with van der Waals surface area (Å²) < 4.78 is 11.1. The smallest absolute Gasteiger partial charge is 0.437 e. The molecule has 0 fully saturated rings. The molecule has 0 atom stereocenters. The van der Waals surface area contributed by atoms with Crippen LogP contribution in [0.1, 0.15) is 0 Å². The Morgan fingerprint density at radius 1 is 1.08 bits per heavy atom. The summed E-state index contributed by atoms with van der Waals surface area (Å²) in [7, 11) is 0. The van der Waals surface area contributed by atoms with Gasteiger partial charge >= 0.3 is 5.76 Å². The fraction of sp³-hybridized carbons (Fsp3) is 0.0556. The van der Waals surface area contributed by atoms with Crippen LogP contribution in [0, 0.1) is 0 Å². The van der Waals surface area contributed by atoms with Crippen LogP contribution in [-0.4, -0.2) is 15.7 Å². The number of fused-ring (bicyclic) bond motifs is 1. The van der Waals surface area contributed by atoms with Gasteiger partial charge in [-0.2, -0.15) is 4.68 Å². The predicted octanol–water partition coefficient (Wildman–Crippen LogP) is 2.89. The van der Waals surface area contributed by atoms with Crippen molar-refractivity contribution in [3.63, 3.8) is 0 Å². The summed E-state index contributed by atoms with van der Waals surface area (Å²) in [4.78, 5) is 24.1. The van der Waals surface area contributed by atoms with E-state index in [1.165, 1.54) is 6.26 Å². The van der Waals surface area contributed by atoms with Gasteiger partial charge in [0.1, 0.15) is 6.54 Å². The second-order valence-electron chi connectivity index (χ2n) is 5.38. The summed E-state index contributed by atoms with van der Waals surface area (Å²) in [5.41, 5.74) is 0.672. The second kappa shape index (κ2) is 6.12. The lowest BCUT2D eigenvalue weighted by Gasteiger charge is -2.08. The molecule has 2 aromatic heterocycles. The van der Waals surface area contributed by atoms with Gasteiger partial charge in [-0.3, -0.25) is 4.79 Å². The lowest BCUT2D eigenvalue weighted by atomic mass is 10.1. The lowest BCUT2D eigenvalue weighted by molar-refractivity contribution is -0.117. The largest absolute Gasteiger partial charge is 0.459 e. The molecule has 4 aromatic rings. The monoisotopic (exact) mass is 335 g/mol. The third kappa shape index (κ3) is 2.94. The van der Waals surface area contributed by atoms with E-state index in [4.69, 9.17) is 8.83 Å². The molecular weight excluding hydrogens is 322 g/mol. The van der Waals surface area contributed by atoms with Gasteiger partial charge in [-0.05, 0) is 23.6 Å². The third-order valence-electron chi connectivity index (χ3n) is 3.70. The molecule has 7 heteroatoms. The van der Waals surface area contributed by atoms with Crippen LogP contribution in [-0.2, 0) is 11.3 Å². The van der Waals surface area contributed by atoms with Gasteiger partial charge in [-0.1, -0.05) is 36.4 Å². The standard InChI is InChI=1S/C18H13N3O4/c22-16(19-14-8-3-6-12-5-1-2-7-13(12)14)11-21-18(23)25-17(20-21)15-9-4-10-24-15/h1-10H,11H2,(H,19,22). The van der Waals surface area contributed by atoms with E-state index in [0.717, 1.165) is 15.5 Å². The molecule has 0 saturated carbocycles. The van der Waals surface area contributed by atoms with Crippen molar-refractivity contribution in [2.45, 2.75) is 6.54 Å². The van der Waals surface area contributed by atoms with Crippen LogP contribution in [0.4, 0.5) is 5.69 Å². The van der Waals surface area contributed by atoms with Gasteiger partial charge in [-0.25, -0.2) is 4.79 Å². The van der Waals surface area contributed by atoms with Crippen LogP contribution in [0.25, 0.3) is 22.4 Å². The van der Waals surface area contributed by atoms with Crippen LogP contribution in [0.15, 0.2) is 74.5 Å². The van der Waals surface area contributed by atoms with Crippen molar-refractivity contribution < 1.29 is 13.6 Å². The molecule has 25 heavy (non-hydrogen) atoms. The topological polar surface area (TPSA) is 90.3 Å². The van der Waals surface area contributed by atoms with Crippen LogP contribution >= 0.6 is 0 Å². The molecule has 0 spiro atoms. The van der Waals surface area contributed by atoms with E-state index in [1.54, 1.807) is 18.2 Å². The Balaban J connectivity index is 1.55. The molecule has 1 N–H and O–H groups in total. The Morgan fingerprint density at radius 2 is 1.92 bits per heavy atom. The molecule has 0 aliphatic carbocycles. The van der Waals surface area contributed by atoms with E-state index in [0.29, 0.717) is 11.4 Å². The van der Waals surface area contributed by atoms with Crippen molar-refractivity contribution >= 4 is 22.4 Å². The minimum Gasteiger partial charge on any atom is -0.459 e. The SMILES string of the molecule is O=C(Cn1nc(-c2ccco2)oc1=O)Nc1cccc2ccccc12. The maximum Gasteiger partial charge on any atom is 0.437 e.